The number of benzene rings is 1. The number of rotatable bonds is 4. The smallest absolute Gasteiger partial charge is 0.246 e. The molecule has 1 aliphatic heterocycles. The highest BCUT2D eigenvalue weighted by Gasteiger charge is 2.23. The Morgan fingerprint density at radius 1 is 1.50 bits per heavy atom. The van der Waals surface area contributed by atoms with E-state index in [0.717, 1.165) is 12.1 Å². The van der Waals surface area contributed by atoms with Crippen molar-refractivity contribution >= 4 is 5.91 Å². The van der Waals surface area contributed by atoms with Gasteiger partial charge in [0, 0.05) is 12.6 Å². The lowest BCUT2D eigenvalue weighted by molar-refractivity contribution is -0.134. The minimum absolute atomic E-state index is 0.159. The third-order valence-electron chi connectivity index (χ3n) is 2.95. The minimum Gasteiger partial charge on any atom is -0.491 e. The van der Waals surface area contributed by atoms with E-state index >= 15 is 0 Å². The molecule has 1 heterocycles. The van der Waals surface area contributed by atoms with Gasteiger partial charge in [0.25, 0.3) is 0 Å². The lowest BCUT2D eigenvalue weighted by Crippen LogP contribution is -2.47. The maximum absolute atomic E-state index is 13.0. The van der Waals surface area contributed by atoms with E-state index in [1.54, 1.807) is 4.90 Å². The number of hydrogen-bond donors (Lipinski definition) is 0. The van der Waals surface area contributed by atoms with E-state index in [9.17, 15) is 13.6 Å². The summed E-state index contributed by atoms with van der Waals surface area (Å²) in [6, 6.07) is 3.32. The zero-order valence-corrected chi connectivity index (χ0v) is 10.9. The van der Waals surface area contributed by atoms with Crippen molar-refractivity contribution in [2.45, 2.75) is 6.10 Å². The molecule has 1 aliphatic rings. The second-order valence-corrected chi connectivity index (χ2v) is 4.37. The molecule has 0 bridgehead atoms. The van der Waals surface area contributed by atoms with E-state index in [1.807, 2.05) is 0 Å². The Morgan fingerprint density at radius 3 is 3.00 bits per heavy atom. The lowest BCUT2D eigenvalue weighted by Gasteiger charge is -2.32. The van der Waals surface area contributed by atoms with E-state index in [0.29, 0.717) is 19.7 Å². The normalized spacial score (nSPS) is 18.7. The Hall–Kier alpha value is -1.95. The molecule has 1 saturated heterocycles. The van der Waals surface area contributed by atoms with Crippen molar-refractivity contribution in [1.29, 1.82) is 0 Å². The maximum atomic E-state index is 13.0. The van der Waals surface area contributed by atoms with Crippen LogP contribution in [-0.2, 0) is 9.53 Å². The van der Waals surface area contributed by atoms with Gasteiger partial charge in [0.2, 0.25) is 5.91 Å². The molecule has 0 aliphatic carbocycles. The van der Waals surface area contributed by atoms with Crippen molar-refractivity contribution in [2.75, 3.05) is 26.3 Å². The molecule has 1 fully saturated rings. The van der Waals surface area contributed by atoms with Crippen molar-refractivity contribution in [3.8, 4) is 5.75 Å². The van der Waals surface area contributed by atoms with Crippen LogP contribution in [0, 0.1) is 11.6 Å². The monoisotopic (exact) mass is 283 g/mol. The van der Waals surface area contributed by atoms with Gasteiger partial charge in [-0.05, 0) is 18.2 Å². The third-order valence-corrected chi connectivity index (χ3v) is 2.95. The molecular weight excluding hydrogens is 268 g/mol. The molecule has 0 saturated carbocycles. The number of halogens is 2. The van der Waals surface area contributed by atoms with Gasteiger partial charge in [-0.25, -0.2) is 8.78 Å². The average molecular weight is 283 g/mol. The van der Waals surface area contributed by atoms with Crippen LogP contribution in [-0.4, -0.2) is 43.2 Å². The standard InChI is InChI=1S/C14H15F2NO3/c1-2-14(18)17-5-6-19-11(8-17)9-20-10-3-4-12(15)13(16)7-10/h2-4,7,11H,1,5-6,8-9H2/t11-/m0/s1. The summed E-state index contributed by atoms with van der Waals surface area (Å²) in [6.07, 6.45) is 0.944. The molecule has 0 spiro atoms. The largest absolute Gasteiger partial charge is 0.491 e. The highest BCUT2D eigenvalue weighted by atomic mass is 19.2. The fourth-order valence-electron chi connectivity index (χ4n) is 1.91. The predicted octanol–water partition coefficient (Wildman–Crippen LogP) is 1.76. The number of hydrogen-bond acceptors (Lipinski definition) is 3. The highest BCUT2D eigenvalue weighted by Crippen LogP contribution is 2.16. The SMILES string of the molecule is C=CC(=O)N1CCO[C@H](COc2ccc(F)c(F)c2)C1. The molecule has 0 unspecified atom stereocenters. The summed E-state index contributed by atoms with van der Waals surface area (Å²) in [7, 11) is 0. The van der Waals surface area contributed by atoms with E-state index in [-0.39, 0.29) is 24.4 Å². The van der Waals surface area contributed by atoms with Crippen LogP contribution in [0.3, 0.4) is 0 Å². The Bertz CT molecular complexity index is 507. The molecule has 2 rings (SSSR count). The highest BCUT2D eigenvalue weighted by molar-refractivity contribution is 5.87. The van der Waals surface area contributed by atoms with Gasteiger partial charge in [-0.15, -0.1) is 0 Å². The number of carbonyl (C=O) groups is 1. The van der Waals surface area contributed by atoms with E-state index in [1.165, 1.54) is 12.1 Å². The van der Waals surface area contributed by atoms with Crippen LogP contribution in [0.1, 0.15) is 0 Å². The van der Waals surface area contributed by atoms with Crippen LogP contribution >= 0.6 is 0 Å². The maximum Gasteiger partial charge on any atom is 0.246 e. The van der Waals surface area contributed by atoms with Crippen molar-refractivity contribution in [3.63, 3.8) is 0 Å². The van der Waals surface area contributed by atoms with Gasteiger partial charge in [-0.1, -0.05) is 6.58 Å². The number of carbonyl (C=O) groups excluding carboxylic acids is 1. The van der Waals surface area contributed by atoms with Gasteiger partial charge in [0.05, 0.1) is 13.2 Å². The first-order chi connectivity index (χ1) is 9.60. The fraction of sp³-hybridized carbons (Fsp3) is 0.357. The number of amides is 1. The summed E-state index contributed by atoms with van der Waals surface area (Å²) < 4.78 is 36.6. The molecule has 6 heteroatoms. The zero-order valence-electron chi connectivity index (χ0n) is 10.9. The van der Waals surface area contributed by atoms with Crippen LogP contribution in [0.2, 0.25) is 0 Å². The summed E-state index contributed by atoms with van der Waals surface area (Å²) in [4.78, 5) is 13.1. The van der Waals surface area contributed by atoms with Gasteiger partial charge in [-0.2, -0.15) is 0 Å². The Kier molecular flexibility index (Phi) is 4.68. The topological polar surface area (TPSA) is 38.8 Å². The summed E-state index contributed by atoms with van der Waals surface area (Å²) in [5.74, 6) is -1.82. The quantitative estimate of drug-likeness (QED) is 0.790. The molecule has 108 valence electrons. The van der Waals surface area contributed by atoms with Crippen LogP contribution < -0.4 is 4.74 Å². The molecule has 0 aromatic heterocycles. The van der Waals surface area contributed by atoms with Gasteiger partial charge >= 0.3 is 0 Å². The van der Waals surface area contributed by atoms with Crippen molar-refractivity contribution < 1.29 is 23.0 Å². The third kappa shape index (κ3) is 3.54. The van der Waals surface area contributed by atoms with Gasteiger partial charge in [0.15, 0.2) is 11.6 Å². The molecule has 1 atom stereocenters. The fourth-order valence-corrected chi connectivity index (χ4v) is 1.91. The van der Waals surface area contributed by atoms with Crippen LogP contribution in [0.4, 0.5) is 8.78 Å². The van der Waals surface area contributed by atoms with Crippen molar-refractivity contribution in [3.05, 3.63) is 42.5 Å². The predicted molar refractivity (Wildman–Crippen MR) is 68.4 cm³/mol. The lowest BCUT2D eigenvalue weighted by atomic mass is 10.2. The van der Waals surface area contributed by atoms with Gasteiger partial charge in [-0.3, -0.25) is 4.79 Å². The summed E-state index contributed by atoms with van der Waals surface area (Å²) in [5.41, 5.74) is 0. The Morgan fingerprint density at radius 2 is 2.30 bits per heavy atom. The second kappa shape index (κ2) is 6.47. The molecule has 1 aromatic rings. The van der Waals surface area contributed by atoms with Crippen LogP contribution in [0.5, 0.6) is 5.75 Å². The number of nitrogens with zero attached hydrogens (tertiary/aromatic N) is 1. The van der Waals surface area contributed by atoms with E-state index in [4.69, 9.17) is 9.47 Å². The molecule has 0 N–H and O–H groups in total. The second-order valence-electron chi connectivity index (χ2n) is 4.37. The molecule has 1 aromatic carbocycles. The summed E-state index contributed by atoms with van der Waals surface area (Å²) in [6.45, 7) is 4.89. The zero-order chi connectivity index (χ0) is 14.5. The summed E-state index contributed by atoms with van der Waals surface area (Å²) in [5, 5.41) is 0. The van der Waals surface area contributed by atoms with Crippen LogP contribution in [0.25, 0.3) is 0 Å². The van der Waals surface area contributed by atoms with E-state index < -0.39 is 11.6 Å². The first-order valence-corrected chi connectivity index (χ1v) is 6.21. The van der Waals surface area contributed by atoms with Crippen molar-refractivity contribution in [1.82, 2.24) is 4.90 Å². The summed E-state index contributed by atoms with van der Waals surface area (Å²) >= 11 is 0. The van der Waals surface area contributed by atoms with Gasteiger partial charge in [0.1, 0.15) is 18.5 Å². The molecule has 4 nitrogen and oxygen atoms in total. The minimum atomic E-state index is -0.962. The number of ether oxygens (including phenoxy) is 2. The van der Waals surface area contributed by atoms with Gasteiger partial charge < -0.3 is 14.4 Å². The Balaban J connectivity index is 1.88. The first kappa shape index (κ1) is 14.5. The number of morpholine rings is 1. The molecule has 0 radical (unpaired) electrons. The Labute approximate surface area is 115 Å². The molecule has 1 amide bonds. The first-order valence-electron chi connectivity index (χ1n) is 6.21. The van der Waals surface area contributed by atoms with Crippen LogP contribution in [0.15, 0.2) is 30.9 Å². The average Bonchev–Trinajstić information content (AvgIpc) is 2.48. The molecule has 20 heavy (non-hydrogen) atoms. The van der Waals surface area contributed by atoms with E-state index in [2.05, 4.69) is 6.58 Å². The molecular formula is C14H15F2NO3. The van der Waals surface area contributed by atoms with Crippen molar-refractivity contribution in [2.24, 2.45) is 0 Å².